The second-order valence-electron chi connectivity index (χ2n) is 10.5. The lowest BCUT2D eigenvalue weighted by molar-refractivity contribution is 0.0546. The Hall–Kier alpha value is -3.45. The smallest absolute Gasteiger partial charge is 0.267 e. The molecule has 12 heteroatoms. The minimum absolute atomic E-state index is 0.0442. The van der Waals surface area contributed by atoms with Crippen molar-refractivity contribution in [3.05, 3.63) is 81.2 Å². The molecule has 0 spiro atoms. The molecule has 234 valence electrons. The van der Waals surface area contributed by atoms with E-state index in [2.05, 4.69) is 0 Å². The molecule has 0 fully saturated rings. The lowest BCUT2D eigenvalue weighted by Gasteiger charge is -2.24. The predicted molar refractivity (Wildman–Crippen MR) is 169 cm³/mol. The standard InChI is InChI=1S/C32H34O9S3/c33-44(34,12-4-8-24-6-2-10-26(14-24)36-16-28-18-38-30-20-43-22-32(30)41-28)39-11-3-7-23-5-1-9-25(13-23)35-15-27-17-37-29-19-42-21-31(29)40-27/h1-2,5-6,9-10,13-14,19-22,27-28H,3-4,7-8,11-12,15-18H2. The van der Waals surface area contributed by atoms with E-state index in [4.69, 9.17) is 32.6 Å². The summed E-state index contributed by atoms with van der Waals surface area (Å²) in [6, 6.07) is 15.5. The van der Waals surface area contributed by atoms with E-state index in [1.165, 1.54) is 11.3 Å². The zero-order valence-corrected chi connectivity index (χ0v) is 26.5. The van der Waals surface area contributed by atoms with Gasteiger partial charge in [0.05, 0.1) is 12.4 Å². The van der Waals surface area contributed by atoms with Gasteiger partial charge in [0.25, 0.3) is 10.1 Å². The molecule has 6 rings (SSSR count). The lowest BCUT2D eigenvalue weighted by Crippen LogP contribution is -2.34. The van der Waals surface area contributed by atoms with Crippen LogP contribution in [0, 0.1) is 0 Å². The van der Waals surface area contributed by atoms with Gasteiger partial charge in [-0.05, 0) is 61.1 Å². The molecule has 44 heavy (non-hydrogen) atoms. The van der Waals surface area contributed by atoms with Gasteiger partial charge in [0.1, 0.15) is 37.9 Å². The Bertz CT molecular complexity index is 1610. The summed E-state index contributed by atoms with van der Waals surface area (Å²) in [7, 11) is -3.62. The highest BCUT2D eigenvalue weighted by molar-refractivity contribution is 7.86. The number of rotatable bonds is 15. The molecule has 0 saturated heterocycles. The summed E-state index contributed by atoms with van der Waals surface area (Å²) in [6.45, 7) is 1.75. The van der Waals surface area contributed by atoms with Crippen LogP contribution in [0.3, 0.4) is 0 Å². The first-order valence-electron chi connectivity index (χ1n) is 14.5. The van der Waals surface area contributed by atoms with Gasteiger partial charge < -0.3 is 28.4 Å². The molecule has 2 atom stereocenters. The summed E-state index contributed by atoms with van der Waals surface area (Å²) in [5.41, 5.74) is 2.05. The molecule has 2 aliphatic rings. The van der Waals surface area contributed by atoms with Crippen molar-refractivity contribution >= 4 is 32.8 Å². The van der Waals surface area contributed by atoms with E-state index in [1.807, 2.05) is 70.1 Å². The van der Waals surface area contributed by atoms with Gasteiger partial charge in [0, 0.05) is 21.5 Å². The SMILES string of the molecule is O=S(=O)(CCCc1cccc(OCC2COc3cscc3O2)c1)OCCCc1cccc(OCC2COc3cscc3O2)c1. The van der Waals surface area contributed by atoms with Gasteiger partial charge in [-0.25, -0.2) is 0 Å². The molecular formula is C32H34O9S3. The number of thiophene rings is 2. The van der Waals surface area contributed by atoms with Crippen molar-refractivity contribution in [1.29, 1.82) is 0 Å². The van der Waals surface area contributed by atoms with Crippen LogP contribution in [-0.2, 0) is 27.1 Å². The highest BCUT2D eigenvalue weighted by Crippen LogP contribution is 2.36. The van der Waals surface area contributed by atoms with Crippen LogP contribution in [0.25, 0.3) is 0 Å². The van der Waals surface area contributed by atoms with Crippen molar-refractivity contribution in [2.75, 3.05) is 38.8 Å². The van der Waals surface area contributed by atoms with Gasteiger partial charge in [-0.1, -0.05) is 24.3 Å². The fourth-order valence-corrected chi connectivity index (χ4v) is 7.15. The summed E-state index contributed by atoms with van der Waals surface area (Å²) in [4.78, 5) is 0. The number of benzene rings is 2. The van der Waals surface area contributed by atoms with Crippen LogP contribution in [-0.4, -0.2) is 59.4 Å². The van der Waals surface area contributed by atoms with E-state index in [9.17, 15) is 8.42 Å². The van der Waals surface area contributed by atoms with E-state index in [0.29, 0.717) is 57.9 Å². The van der Waals surface area contributed by atoms with E-state index in [0.717, 1.165) is 39.9 Å². The normalized spacial score (nSPS) is 17.3. The molecule has 0 N–H and O–H groups in total. The van der Waals surface area contributed by atoms with Crippen LogP contribution in [0.5, 0.6) is 34.5 Å². The third-order valence-electron chi connectivity index (χ3n) is 7.02. The van der Waals surface area contributed by atoms with E-state index in [-0.39, 0.29) is 24.6 Å². The molecule has 0 saturated carbocycles. The fourth-order valence-electron chi connectivity index (χ4n) is 4.82. The van der Waals surface area contributed by atoms with Gasteiger partial charge in [0.2, 0.25) is 0 Å². The van der Waals surface area contributed by atoms with Crippen molar-refractivity contribution in [1.82, 2.24) is 0 Å². The molecule has 2 aliphatic heterocycles. The maximum atomic E-state index is 12.5. The minimum atomic E-state index is -3.62. The summed E-state index contributed by atoms with van der Waals surface area (Å²) in [5.74, 6) is 4.47. The quantitative estimate of drug-likeness (QED) is 0.110. The van der Waals surface area contributed by atoms with Gasteiger partial charge in [-0.15, -0.1) is 22.7 Å². The number of ether oxygens (including phenoxy) is 6. The van der Waals surface area contributed by atoms with Gasteiger partial charge >= 0.3 is 0 Å². The highest BCUT2D eigenvalue weighted by atomic mass is 32.2. The molecule has 0 amide bonds. The Kier molecular flexibility index (Phi) is 10.1. The molecular weight excluding hydrogens is 625 g/mol. The predicted octanol–water partition coefficient (Wildman–Crippen LogP) is 6.16. The zero-order valence-electron chi connectivity index (χ0n) is 24.1. The van der Waals surface area contributed by atoms with Crippen LogP contribution < -0.4 is 28.4 Å². The number of hydrogen-bond donors (Lipinski definition) is 0. The third kappa shape index (κ3) is 8.59. The molecule has 0 radical (unpaired) electrons. The average molecular weight is 659 g/mol. The molecule has 0 aliphatic carbocycles. The molecule has 2 unspecified atom stereocenters. The minimum Gasteiger partial charge on any atom is -0.490 e. The third-order valence-corrected chi connectivity index (χ3v) is 9.74. The van der Waals surface area contributed by atoms with Crippen molar-refractivity contribution in [2.24, 2.45) is 0 Å². The van der Waals surface area contributed by atoms with Crippen molar-refractivity contribution in [3.8, 4) is 34.5 Å². The van der Waals surface area contributed by atoms with Crippen LogP contribution in [0.4, 0.5) is 0 Å². The maximum absolute atomic E-state index is 12.5. The topological polar surface area (TPSA) is 98.8 Å². The Labute approximate surface area is 265 Å². The molecule has 9 nitrogen and oxygen atoms in total. The first kappa shape index (κ1) is 30.6. The summed E-state index contributed by atoms with van der Waals surface area (Å²) in [5, 5.41) is 7.68. The highest BCUT2D eigenvalue weighted by Gasteiger charge is 2.23. The zero-order chi connectivity index (χ0) is 30.2. The Morgan fingerprint density at radius 3 is 1.80 bits per heavy atom. The van der Waals surface area contributed by atoms with Crippen molar-refractivity contribution in [2.45, 2.75) is 37.9 Å². The number of hydrogen-bond acceptors (Lipinski definition) is 11. The Morgan fingerprint density at radius 2 is 1.23 bits per heavy atom. The number of aryl methyl sites for hydroxylation is 2. The second kappa shape index (κ2) is 14.6. The number of fused-ring (bicyclic) bond motifs is 2. The summed E-state index contributed by atoms with van der Waals surface area (Å²) < 4.78 is 65.3. The first-order valence-corrected chi connectivity index (χ1v) is 18.0. The summed E-state index contributed by atoms with van der Waals surface area (Å²) in [6.07, 6.45) is 1.94. The van der Waals surface area contributed by atoms with E-state index < -0.39 is 10.1 Å². The maximum Gasteiger partial charge on any atom is 0.267 e. The van der Waals surface area contributed by atoms with Gasteiger partial charge in [-0.2, -0.15) is 8.42 Å². The van der Waals surface area contributed by atoms with Crippen LogP contribution in [0.1, 0.15) is 24.0 Å². The molecule has 0 bridgehead atoms. The Balaban J connectivity index is 0.866. The fraction of sp³-hybridized carbons (Fsp3) is 0.375. The second-order valence-corrected chi connectivity index (χ2v) is 13.8. The molecule has 2 aromatic carbocycles. The average Bonchev–Trinajstić information content (AvgIpc) is 3.71. The van der Waals surface area contributed by atoms with Crippen LogP contribution in [0.15, 0.2) is 70.1 Å². The van der Waals surface area contributed by atoms with Crippen LogP contribution >= 0.6 is 22.7 Å². The van der Waals surface area contributed by atoms with E-state index >= 15 is 0 Å². The largest absolute Gasteiger partial charge is 0.490 e. The monoisotopic (exact) mass is 658 g/mol. The molecule has 2 aromatic heterocycles. The van der Waals surface area contributed by atoms with Crippen molar-refractivity contribution in [3.63, 3.8) is 0 Å². The van der Waals surface area contributed by atoms with Gasteiger partial charge in [-0.3, -0.25) is 4.18 Å². The Morgan fingerprint density at radius 1 is 0.705 bits per heavy atom. The molecule has 4 aromatic rings. The van der Waals surface area contributed by atoms with Crippen molar-refractivity contribution < 1.29 is 41.0 Å². The van der Waals surface area contributed by atoms with Crippen LogP contribution in [0.2, 0.25) is 0 Å². The lowest BCUT2D eigenvalue weighted by atomic mass is 10.1. The molecule has 4 heterocycles. The van der Waals surface area contributed by atoms with E-state index in [1.54, 1.807) is 11.3 Å². The summed E-state index contributed by atoms with van der Waals surface area (Å²) >= 11 is 3.08. The van der Waals surface area contributed by atoms with Gasteiger partial charge in [0.15, 0.2) is 35.2 Å². The first-order chi connectivity index (χ1) is 21.5.